The van der Waals surface area contributed by atoms with Crippen molar-refractivity contribution in [2.75, 3.05) is 19.8 Å². The van der Waals surface area contributed by atoms with Crippen LogP contribution >= 0.6 is 0 Å². The number of hydrogen-bond donors (Lipinski definition) is 1. The summed E-state index contributed by atoms with van der Waals surface area (Å²) in [6.45, 7) is 1.18. The van der Waals surface area contributed by atoms with E-state index in [-0.39, 0.29) is 6.54 Å². The Bertz CT molecular complexity index is 543. The minimum absolute atomic E-state index is 0.129. The average Bonchev–Trinajstić information content (AvgIpc) is 2.73. The van der Waals surface area contributed by atoms with Crippen LogP contribution in [0.2, 0.25) is 0 Å². The summed E-state index contributed by atoms with van der Waals surface area (Å²) < 4.78 is 47.4. The number of carbonyl (C=O) groups is 1. The first-order chi connectivity index (χ1) is 9.88. The highest BCUT2D eigenvalue weighted by molar-refractivity contribution is 5.70. The van der Waals surface area contributed by atoms with E-state index < -0.39 is 23.4 Å². The Labute approximate surface area is 117 Å². The highest BCUT2D eigenvalue weighted by Crippen LogP contribution is 2.29. The third kappa shape index (κ3) is 2.79. The summed E-state index contributed by atoms with van der Waals surface area (Å²) in [7, 11) is 0. The molecule has 1 aromatic rings. The zero-order chi connectivity index (χ0) is 15.1. The molecule has 1 spiro atoms. The van der Waals surface area contributed by atoms with E-state index in [1.807, 2.05) is 0 Å². The molecule has 0 atom stereocenters. The number of carbonyl (C=O) groups excluding carboxylic acids is 1. The summed E-state index contributed by atoms with van der Waals surface area (Å²) in [5, 5.41) is 1.28. The number of nitrogens with one attached hydrogen (secondary N) is 1. The molecule has 2 aliphatic heterocycles. The van der Waals surface area contributed by atoms with Crippen molar-refractivity contribution in [2.45, 2.75) is 18.3 Å². The van der Waals surface area contributed by atoms with Gasteiger partial charge in [0, 0.05) is 6.20 Å². The van der Waals surface area contributed by atoms with Gasteiger partial charge in [0.05, 0.1) is 37.6 Å². The van der Waals surface area contributed by atoms with E-state index in [9.17, 15) is 18.0 Å². The van der Waals surface area contributed by atoms with Crippen LogP contribution < -0.4 is 5.43 Å². The Morgan fingerprint density at radius 1 is 1.38 bits per heavy atom. The van der Waals surface area contributed by atoms with Crippen molar-refractivity contribution in [3.63, 3.8) is 0 Å². The first-order valence-electron chi connectivity index (χ1n) is 6.22. The van der Waals surface area contributed by atoms with Crippen molar-refractivity contribution in [3.05, 3.63) is 29.6 Å². The normalized spacial score (nSPS) is 20.5. The molecule has 3 heterocycles. The van der Waals surface area contributed by atoms with E-state index in [4.69, 9.17) is 9.47 Å². The molecule has 1 aromatic heterocycles. The van der Waals surface area contributed by atoms with Crippen molar-refractivity contribution in [3.8, 4) is 0 Å². The number of aromatic nitrogens is 1. The maximum atomic E-state index is 12.4. The minimum atomic E-state index is -4.41. The van der Waals surface area contributed by atoms with Gasteiger partial charge < -0.3 is 9.47 Å². The number of hydrogen-bond acceptors (Lipinski definition) is 5. The van der Waals surface area contributed by atoms with Crippen molar-refractivity contribution < 1.29 is 27.4 Å². The Hall–Kier alpha value is -1.87. The zero-order valence-corrected chi connectivity index (χ0v) is 10.8. The van der Waals surface area contributed by atoms with Crippen LogP contribution in [0.25, 0.3) is 0 Å². The molecule has 0 bridgehead atoms. The van der Waals surface area contributed by atoms with Crippen LogP contribution in [0.1, 0.15) is 11.3 Å². The smallest absolute Gasteiger partial charge is 0.425 e. The highest BCUT2D eigenvalue weighted by Gasteiger charge is 2.51. The molecule has 9 heteroatoms. The number of hydrazine groups is 1. The van der Waals surface area contributed by atoms with Crippen molar-refractivity contribution >= 4 is 6.09 Å². The fourth-order valence-electron chi connectivity index (χ4n) is 2.10. The Morgan fingerprint density at radius 3 is 2.62 bits per heavy atom. The predicted octanol–water partition coefficient (Wildman–Crippen LogP) is 1.33. The number of amides is 1. The lowest BCUT2D eigenvalue weighted by atomic mass is 10.0. The van der Waals surface area contributed by atoms with Crippen LogP contribution in [0.15, 0.2) is 18.3 Å². The third-order valence-electron chi connectivity index (χ3n) is 3.30. The second kappa shape index (κ2) is 4.85. The monoisotopic (exact) mass is 303 g/mol. The lowest BCUT2D eigenvalue weighted by molar-refractivity contribution is -0.156. The molecule has 1 amide bonds. The molecule has 2 fully saturated rings. The minimum Gasteiger partial charge on any atom is -0.435 e. The van der Waals surface area contributed by atoms with Crippen LogP contribution in [0.5, 0.6) is 0 Å². The summed E-state index contributed by atoms with van der Waals surface area (Å²) >= 11 is 0. The molecule has 2 aliphatic rings. The standard InChI is InChI=1S/C12H12F3N3O3/c13-12(14,15)8-1-2-9(16-3-8)4-17-18-5-11(6-20-7-11)21-10(18)19/h1-3,17H,4-7H2. The van der Waals surface area contributed by atoms with Gasteiger partial charge in [-0.15, -0.1) is 0 Å². The van der Waals surface area contributed by atoms with E-state index in [1.54, 1.807) is 0 Å². The second-order valence-electron chi connectivity index (χ2n) is 5.00. The molecule has 2 saturated heterocycles. The molecule has 1 N–H and O–H groups in total. The molecule has 3 rings (SSSR count). The van der Waals surface area contributed by atoms with E-state index in [0.717, 1.165) is 12.3 Å². The first kappa shape index (κ1) is 14.1. The van der Waals surface area contributed by atoms with Crippen LogP contribution in [0.3, 0.4) is 0 Å². The fraction of sp³-hybridized carbons (Fsp3) is 0.500. The van der Waals surface area contributed by atoms with Gasteiger partial charge in [-0.2, -0.15) is 13.2 Å². The number of alkyl halides is 3. The molecular formula is C12H12F3N3O3. The van der Waals surface area contributed by atoms with Gasteiger partial charge >= 0.3 is 12.3 Å². The topological polar surface area (TPSA) is 63.7 Å². The summed E-state index contributed by atoms with van der Waals surface area (Å²) in [4.78, 5) is 15.3. The van der Waals surface area contributed by atoms with E-state index >= 15 is 0 Å². The van der Waals surface area contributed by atoms with Crippen LogP contribution in [0.4, 0.5) is 18.0 Å². The predicted molar refractivity (Wildman–Crippen MR) is 62.8 cm³/mol. The van der Waals surface area contributed by atoms with Gasteiger partial charge in [-0.25, -0.2) is 15.2 Å². The Balaban J connectivity index is 1.57. The van der Waals surface area contributed by atoms with E-state index in [1.165, 1.54) is 11.1 Å². The maximum Gasteiger partial charge on any atom is 0.425 e. The Morgan fingerprint density at radius 2 is 2.14 bits per heavy atom. The van der Waals surface area contributed by atoms with Crippen molar-refractivity contribution in [2.24, 2.45) is 0 Å². The van der Waals surface area contributed by atoms with Gasteiger partial charge in [0.1, 0.15) is 0 Å². The molecule has 0 aliphatic carbocycles. The van der Waals surface area contributed by atoms with Crippen molar-refractivity contribution in [1.29, 1.82) is 0 Å². The SMILES string of the molecule is O=C1OC2(COC2)CN1NCc1ccc(C(F)(F)F)cn1. The number of pyridine rings is 1. The fourth-order valence-corrected chi connectivity index (χ4v) is 2.10. The number of halogens is 3. The van der Waals surface area contributed by atoms with Gasteiger partial charge in [-0.3, -0.25) is 4.98 Å². The summed E-state index contributed by atoms with van der Waals surface area (Å²) in [6, 6.07) is 2.22. The molecule has 21 heavy (non-hydrogen) atoms. The third-order valence-corrected chi connectivity index (χ3v) is 3.30. The molecule has 0 unspecified atom stereocenters. The number of nitrogens with zero attached hydrogens (tertiary/aromatic N) is 2. The van der Waals surface area contributed by atoms with Crippen LogP contribution in [-0.2, 0) is 22.2 Å². The molecule has 0 saturated carbocycles. The summed E-state index contributed by atoms with van der Waals surface area (Å²) in [6.07, 6.45) is -4.17. The summed E-state index contributed by atoms with van der Waals surface area (Å²) in [5.74, 6) is 0. The molecular weight excluding hydrogens is 291 g/mol. The largest absolute Gasteiger partial charge is 0.435 e. The van der Waals surface area contributed by atoms with E-state index in [0.29, 0.717) is 25.5 Å². The lowest BCUT2D eigenvalue weighted by Gasteiger charge is -2.34. The summed E-state index contributed by atoms with van der Waals surface area (Å²) in [5.41, 5.74) is 1.79. The quantitative estimate of drug-likeness (QED) is 0.912. The second-order valence-corrected chi connectivity index (χ2v) is 5.00. The van der Waals surface area contributed by atoms with Crippen LogP contribution in [0, 0.1) is 0 Å². The van der Waals surface area contributed by atoms with Gasteiger partial charge in [-0.1, -0.05) is 0 Å². The van der Waals surface area contributed by atoms with E-state index in [2.05, 4.69) is 10.4 Å². The molecule has 6 nitrogen and oxygen atoms in total. The molecule has 114 valence electrons. The van der Waals surface area contributed by atoms with Gasteiger partial charge in [-0.05, 0) is 12.1 Å². The zero-order valence-electron chi connectivity index (χ0n) is 10.8. The van der Waals surface area contributed by atoms with Gasteiger partial charge in [0.15, 0.2) is 5.60 Å². The highest BCUT2D eigenvalue weighted by atomic mass is 19.4. The first-order valence-corrected chi connectivity index (χ1v) is 6.22. The number of ether oxygens (including phenoxy) is 2. The lowest BCUT2D eigenvalue weighted by Crippen LogP contribution is -2.53. The molecule has 0 radical (unpaired) electrons. The van der Waals surface area contributed by atoms with Gasteiger partial charge in [0.2, 0.25) is 0 Å². The average molecular weight is 303 g/mol. The van der Waals surface area contributed by atoms with Crippen molar-refractivity contribution in [1.82, 2.24) is 15.4 Å². The maximum absolute atomic E-state index is 12.4. The van der Waals surface area contributed by atoms with Gasteiger partial charge in [0.25, 0.3) is 0 Å². The number of rotatable bonds is 3. The Kier molecular flexibility index (Phi) is 3.25. The van der Waals surface area contributed by atoms with Crippen LogP contribution in [-0.4, -0.2) is 41.4 Å². The molecule has 0 aromatic carbocycles.